The van der Waals surface area contributed by atoms with Gasteiger partial charge < -0.3 is 5.32 Å². The summed E-state index contributed by atoms with van der Waals surface area (Å²) in [5.74, 6) is 0. The zero-order valence-corrected chi connectivity index (χ0v) is 13.1. The van der Waals surface area contributed by atoms with Crippen LogP contribution in [-0.2, 0) is 10.8 Å². The Morgan fingerprint density at radius 1 is 1.16 bits per heavy atom. The summed E-state index contributed by atoms with van der Waals surface area (Å²) >= 11 is 0. The molecule has 0 heterocycles. The Morgan fingerprint density at radius 2 is 1.89 bits per heavy atom. The molecule has 0 spiro atoms. The van der Waals surface area contributed by atoms with Crippen LogP contribution in [0.3, 0.4) is 0 Å². The summed E-state index contributed by atoms with van der Waals surface area (Å²) in [4.78, 5) is 1.03. The van der Waals surface area contributed by atoms with Crippen LogP contribution in [0.1, 0.15) is 43.2 Å². The lowest BCUT2D eigenvalue weighted by atomic mass is 10.1. The van der Waals surface area contributed by atoms with Crippen molar-refractivity contribution in [2.24, 2.45) is 0 Å². The van der Waals surface area contributed by atoms with Crippen LogP contribution in [-0.4, -0.2) is 22.5 Å². The summed E-state index contributed by atoms with van der Waals surface area (Å²) < 4.78 is 12.9. The maximum absolute atomic E-state index is 12.9. The lowest BCUT2D eigenvalue weighted by Crippen LogP contribution is -2.39. The predicted molar refractivity (Wildman–Crippen MR) is 82.0 cm³/mol. The highest BCUT2D eigenvalue weighted by molar-refractivity contribution is 7.85. The highest BCUT2D eigenvalue weighted by Gasteiger charge is 2.28. The van der Waals surface area contributed by atoms with Gasteiger partial charge in [-0.05, 0) is 45.4 Å². The van der Waals surface area contributed by atoms with E-state index in [0.29, 0.717) is 6.04 Å². The van der Waals surface area contributed by atoms with E-state index in [1.165, 1.54) is 24.8 Å². The lowest BCUT2D eigenvalue weighted by molar-refractivity contribution is 0.500. The molecule has 1 aliphatic carbocycles. The normalized spacial score (nSPS) is 25.8. The third-order valence-electron chi connectivity index (χ3n) is 4.15. The van der Waals surface area contributed by atoms with Crippen LogP contribution in [0.15, 0.2) is 23.1 Å². The first-order valence-corrected chi connectivity index (χ1v) is 8.50. The number of benzene rings is 1. The predicted octanol–water partition coefficient (Wildman–Crippen LogP) is 3.33. The average Bonchev–Trinajstić information content (AvgIpc) is 2.63. The van der Waals surface area contributed by atoms with Crippen LogP contribution in [0.5, 0.6) is 0 Å². The first-order chi connectivity index (χ1) is 9.13. The summed E-state index contributed by atoms with van der Waals surface area (Å²) in [6.07, 6.45) is 5.97. The molecular weight excluding hydrogens is 254 g/mol. The van der Waals surface area contributed by atoms with Crippen molar-refractivity contribution in [1.82, 2.24) is 5.32 Å². The van der Waals surface area contributed by atoms with Crippen LogP contribution in [0, 0.1) is 13.8 Å². The highest BCUT2D eigenvalue weighted by atomic mass is 32.2. The van der Waals surface area contributed by atoms with E-state index in [4.69, 9.17) is 0 Å². The van der Waals surface area contributed by atoms with Gasteiger partial charge in [0.25, 0.3) is 0 Å². The van der Waals surface area contributed by atoms with Crippen LogP contribution in [0.4, 0.5) is 0 Å². The third kappa shape index (κ3) is 3.46. The summed E-state index contributed by atoms with van der Waals surface area (Å²) in [5.41, 5.74) is 2.40. The van der Waals surface area contributed by atoms with Crippen molar-refractivity contribution < 1.29 is 4.21 Å². The Labute approximate surface area is 119 Å². The Bertz CT molecular complexity index is 458. The van der Waals surface area contributed by atoms with Gasteiger partial charge in [-0.1, -0.05) is 37.0 Å². The molecule has 0 bridgehead atoms. The molecule has 0 aliphatic heterocycles. The number of aryl methyl sites for hydroxylation is 2. The highest BCUT2D eigenvalue weighted by Crippen LogP contribution is 2.27. The second-order valence-corrected chi connectivity index (χ2v) is 7.28. The number of rotatable bonds is 3. The first kappa shape index (κ1) is 14.7. The van der Waals surface area contributed by atoms with Gasteiger partial charge in [0.1, 0.15) is 0 Å². The number of nitrogens with one attached hydrogen (secondary N) is 1. The third-order valence-corrected chi connectivity index (χ3v) is 6.15. The molecule has 106 valence electrons. The molecule has 3 heteroatoms. The zero-order chi connectivity index (χ0) is 13.8. The fourth-order valence-corrected chi connectivity index (χ4v) is 4.90. The van der Waals surface area contributed by atoms with Crippen LogP contribution >= 0.6 is 0 Å². The molecule has 19 heavy (non-hydrogen) atoms. The largest absolute Gasteiger partial charge is 0.316 e. The fraction of sp³-hybridized carbons (Fsp3) is 0.625. The number of hydrogen-bond donors (Lipinski definition) is 1. The molecule has 0 radical (unpaired) electrons. The maximum atomic E-state index is 12.9. The van der Waals surface area contributed by atoms with Crippen molar-refractivity contribution in [3.8, 4) is 0 Å². The Hall–Kier alpha value is -0.670. The molecule has 1 aromatic carbocycles. The van der Waals surface area contributed by atoms with Crippen LogP contribution in [0.2, 0.25) is 0 Å². The van der Waals surface area contributed by atoms with Gasteiger partial charge in [-0.3, -0.25) is 4.21 Å². The summed E-state index contributed by atoms with van der Waals surface area (Å²) in [7, 11) is 1.11. The van der Waals surface area contributed by atoms with Crippen LogP contribution < -0.4 is 5.32 Å². The van der Waals surface area contributed by atoms with Crippen molar-refractivity contribution in [2.45, 2.75) is 62.1 Å². The molecule has 1 saturated carbocycles. The molecule has 0 aromatic heterocycles. The van der Waals surface area contributed by atoms with E-state index in [-0.39, 0.29) is 5.25 Å². The summed E-state index contributed by atoms with van der Waals surface area (Å²) in [6.45, 7) is 4.16. The lowest BCUT2D eigenvalue weighted by Gasteiger charge is -2.24. The topological polar surface area (TPSA) is 29.1 Å². The van der Waals surface area contributed by atoms with E-state index >= 15 is 0 Å². The van der Waals surface area contributed by atoms with E-state index in [1.807, 2.05) is 7.05 Å². The smallest absolute Gasteiger partial charge is 0.0579 e. The summed E-state index contributed by atoms with van der Waals surface area (Å²) in [5, 5.41) is 3.64. The molecule has 3 unspecified atom stereocenters. The van der Waals surface area contributed by atoms with Gasteiger partial charge in [-0.25, -0.2) is 0 Å². The minimum atomic E-state index is -0.893. The molecule has 3 atom stereocenters. The standard InChI is InChI=1S/C16H25NOS/c1-12-9-10-15(13(2)11-12)19(18)16-8-6-4-5-7-14(16)17-3/h9-11,14,16-17H,4-8H2,1-3H3. The van der Waals surface area contributed by atoms with Crippen molar-refractivity contribution >= 4 is 10.8 Å². The van der Waals surface area contributed by atoms with E-state index < -0.39 is 10.8 Å². The quantitative estimate of drug-likeness (QED) is 0.860. The maximum Gasteiger partial charge on any atom is 0.0579 e. The van der Waals surface area contributed by atoms with Gasteiger partial charge in [-0.15, -0.1) is 0 Å². The Kier molecular flexibility index (Phi) is 5.17. The molecule has 1 fully saturated rings. The first-order valence-electron chi connectivity index (χ1n) is 7.28. The van der Waals surface area contributed by atoms with E-state index in [9.17, 15) is 4.21 Å². The Morgan fingerprint density at radius 3 is 2.58 bits per heavy atom. The molecule has 1 aromatic rings. The molecule has 1 aliphatic rings. The van der Waals surface area contributed by atoms with Gasteiger partial charge in [-0.2, -0.15) is 0 Å². The fourth-order valence-electron chi connectivity index (χ4n) is 3.05. The van der Waals surface area contributed by atoms with E-state index in [0.717, 1.165) is 23.3 Å². The van der Waals surface area contributed by atoms with Gasteiger partial charge in [0.2, 0.25) is 0 Å². The van der Waals surface area contributed by atoms with Crippen molar-refractivity contribution in [3.63, 3.8) is 0 Å². The molecule has 2 nitrogen and oxygen atoms in total. The molecule has 2 rings (SSSR count). The van der Waals surface area contributed by atoms with Crippen molar-refractivity contribution in [2.75, 3.05) is 7.05 Å². The zero-order valence-electron chi connectivity index (χ0n) is 12.2. The average molecular weight is 279 g/mol. The molecule has 0 amide bonds. The van der Waals surface area contributed by atoms with Gasteiger partial charge in [0.05, 0.1) is 16.0 Å². The van der Waals surface area contributed by atoms with Crippen LogP contribution in [0.25, 0.3) is 0 Å². The molecule has 1 N–H and O–H groups in total. The summed E-state index contributed by atoms with van der Waals surface area (Å²) in [6, 6.07) is 6.66. The second kappa shape index (κ2) is 6.67. The van der Waals surface area contributed by atoms with Crippen molar-refractivity contribution in [1.29, 1.82) is 0 Å². The minimum Gasteiger partial charge on any atom is -0.316 e. The Balaban J connectivity index is 2.25. The molecular formula is C16H25NOS. The van der Waals surface area contributed by atoms with E-state index in [1.54, 1.807) is 0 Å². The number of hydrogen-bond acceptors (Lipinski definition) is 2. The SMILES string of the molecule is CNC1CCCCCC1S(=O)c1ccc(C)cc1C. The van der Waals surface area contributed by atoms with Gasteiger partial charge >= 0.3 is 0 Å². The minimum absolute atomic E-state index is 0.258. The van der Waals surface area contributed by atoms with Gasteiger partial charge in [0, 0.05) is 10.9 Å². The van der Waals surface area contributed by atoms with Gasteiger partial charge in [0.15, 0.2) is 0 Å². The second-order valence-electron chi connectivity index (χ2n) is 5.64. The molecule has 0 saturated heterocycles. The van der Waals surface area contributed by atoms with E-state index in [2.05, 4.69) is 37.4 Å². The monoisotopic (exact) mass is 279 g/mol. The van der Waals surface area contributed by atoms with Crippen molar-refractivity contribution in [3.05, 3.63) is 29.3 Å².